The van der Waals surface area contributed by atoms with E-state index in [-0.39, 0.29) is 0 Å². The first-order valence-electron chi connectivity index (χ1n) is 6.93. The van der Waals surface area contributed by atoms with Crippen LogP contribution in [0.1, 0.15) is 32.1 Å². The van der Waals surface area contributed by atoms with Crippen molar-refractivity contribution in [2.75, 3.05) is 19.7 Å². The van der Waals surface area contributed by atoms with Gasteiger partial charge in [0.1, 0.15) is 5.75 Å². The van der Waals surface area contributed by atoms with Crippen molar-refractivity contribution in [3.05, 3.63) is 43.0 Å². The molecule has 0 heterocycles. The van der Waals surface area contributed by atoms with Crippen LogP contribution in [0.25, 0.3) is 0 Å². The fourth-order valence-corrected chi connectivity index (χ4v) is 1.74. The molecule has 2 nitrogen and oxygen atoms in total. The molecule has 0 aromatic heterocycles. The summed E-state index contributed by atoms with van der Waals surface area (Å²) < 4.78 is 5.61. The normalized spacial score (nSPS) is 10.2. The van der Waals surface area contributed by atoms with Crippen molar-refractivity contribution in [3.63, 3.8) is 0 Å². The molecular formula is C16H25NO. The Kier molecular flexibility index (Phi) is 8.91. The predicted molar refractivity (Wildman–Crippen MR) is 78.1 cm³/mol. The maximum atomic E-state index is 5.61. The molecule has 100 valence electrons. The minimum atomic E-state index is 0.785. The van der Waals surface area contributed by atoms with Gasteiger partial charge >= 0.3 is 0 Å². The van der Waals surface area contributed by atoms with E-state index in [9.17, 15) is 0 Å². The Morgan fingerprint density at radius 2 is 1.78 bits per heavy atom. The van der Waals surface area contributed by atoms with Crippen LogP contribution in [0.15, 0.2) is 43.0 Å². The number of rotatable bonds is 11. The third-order valence-corrected chi connectivity index (χ3v) is 2.77. The smallest absolute Gasteiger partial charge is 0.119 e. The van der Waals surface area contributed by atoms with E-state index in [0.29, 0.717) is 0 Å². The van der Waals surface area contributed by atoms with Gasteiger partial charge in [-0.15, -0.1) is 6.58 Å². The van der Waals surface area contributed by atoms with Gasteiger partial charge in [0, 0.05) is 0 Å². The molecule has 0 atom stereocenters. The van der Waals surface area contributed by atoms with E-state index in [1.165, 1.54) is 19.3 Å². The zero-order valence-electron chi connectivity index (χ0n) is 11.2. The minimum Gasteiger partial charge on any atom is -0.494 e. The molecule has 0 saturated carbocycles. The van der Waals surface area contributed by atoms with Crippen molar-refractivity contribution in [3.8, 4) is 5.75 Å². The Morgan fingerprint density at radius 3 is 2.56 bits per heavy atom. The molecule has 1 N–H and O–H groups in total. The third kappa shape index (κ3) is 7.91. The summed E-state index contributed by atoms with van der Waals surface area (Å²) in [6.07, 6.45) is 8.01. The van der Waals surface area contributed by atoms with Crippen molar-refractivity contribution in [2.45, 2.75) is 32.1 Å². The number of nitrogens with one attached hydrogen (secondary N) is 1. The number of benzene rings is 1. The summed E-state index contributed by atoms with van der Waals surface area (Å²) in [6, 6.07) is 9.98. The quantitative estimate of drug-likeness (QED) is 0.474. The summed E-state index contributed by atoms with van der Waals surface area (Å²) in [5.41, 5.74) is 0. The molecule has 0 bridgehead atoms. The van der Waals surface area contributed by atoms with E-state index in [1.807, 2.05) is 36.4 Å². The molecule has 18 heavy (non-hydrogen) atoms. The van der Waals surface area contributed by atoms with Gasteiger partial charge in [-0.3, -0.25) is 0 Å². The number of hydrogen-bond acceptors (Lipinski definition) is 2. The highest BCUT2D eigenvalue weighted by Crippen LogP contribution is 2.08. The molecular weight excluding hydrogens is 222 g/mol. The van der Waals surface area contributed by atoms with E-state index in [0.717, 1.165) is 38.3 Å². The van der Waals surface area contributed by atoms with E-state index < -0.39 is 0 Å². The monoisotopic (exact) mass is 247 g/mol. The van der Waals surface area contributed by atoms with Crippen LogP contribution in [0, 0.1) is 0 Å². The van der Waals surface area contributed by atoms with Crippen molar-refractivity contribution < 1.29 is 4.74 Å². The molecule has 0 spiro atoms. The van der Waals surface area contributed by atoms with Gasteiger partial charge in [0.05, 0.1) is 6.61 Å². The minimum absolute atomic E-state index is 0.785. The topological polar surface area (TPSA) is 21.3 Å². The number of ether oxygens (including phenoxy) is 1. The first kappa shape index (κ1) is 14.8. The Labute approximate surface area is 111 Å². The Hall–Kier alpha value is -1.28. The molecule has 1 aromatic rings. The Balaban J connectivity index is 1.83. The van der Waals surface area contributed by atoms with Crippen LogP contribution < -0.4 is 10.1 Å². The molecule has 0 radical (unpaired) electrons. The Bertz CT molecular complexity index is 297. The van der Waals surface area contributed by atoms with Gasteiger partial charge in [-0.05, 0) is 50.9 Å². The van der Waals surface area contributed by atoms with Gasteiger partial charge in [0.25, 0.3) is 0 Å². The predicted octanol–water partition coefficient (Wildman–Crippen LogP) is 3.79. The average molecular weight is 247 g/mol. The van der Waals surface area contributed by atoms with Crippen molar-refractivity contribution in [1.82, 2.24) is 5.32 Å². The maximum Gasteiger partial charge on any atom is 0.119 e. The van der Waals surface area contributed by atoms with E-state index in [1.54, 1.807) is 0 Å². The molecule has 0 amide bonds. The van der Waals surface area contributed by atoms with Crippen LogP contribution in [0.4, 0.5) is 0 Å². The highest BCUT2D eigenvalue weighted by molar-refractivity contribution is 5.20. The van der Waals surface area contributed by atoms with Gasteiger partial charge in [-0.25, -0.2) is 0 Å². The second-order valence-corrected chi connectivity index (χ2v) is 4.40. The molecule has 0 unspecified atom stereocenters. The van der Waals surface area contributed by atoms with Gasteiger partial charge in [0.15, 0.2) is 0 Å². The maximum absolute atomic E-state index is 5.61. The van der Waals surface area contributed by atoms with Crippen molar-refractivity contribution >= 4 is 0 Å². The van der Waals surface area contributed by atoms with E-state index in [4.69, 9.17) is 4.74 Å². The number of hydrogen-bond donors (Lipinski definition) is 1. The average Bonchev–Trinajstić information content (AvgIpc) is 2.42. The Morgan fingerprint density at radius 1 is 1.00 bits per heavy atom. The highest BCUT2D eigenvalue weighted by Gasteiger charge is 1.92. The lowest BCUT2D eigenvalue weighted by Gasteiger charge is -2.07. The SMILES string of the molecule is C=CCCCCCNCCCOc1ccccc1. The summed E-state index contributed by atoms with van der Waals surface area (Å²) in [5, 5.41) is 3.44. The first-order chi connectivity index (χ1) is 8.93. The van der Waals surface area contributed by atoms with Crippen LogP contribution in [0.3, 0.4) is 0 Å². The van der Waals surface area contributed by atoms with Gasteiger partial charge in [-0.2, -0.15) is 0 Å². The summed E-state index contributed by atoms with van der Waals surface area (Å²) in [5.74, 6) is 0.960. The van der Waals surface area contributed by atoms with Crippen LogP contribution in [0.5, 0.6) is 5.75 Å². The molecule has 2 heteroatoms. The van der Waals surface area contributed by atoms with Crippen LogP contribution >= 0.6 is 0 Å². The lowest BCUT2D eigenvalue weighted by molar-refractivity contribution is 0.308. The van der Waals surface area contributed by atoms with Gasteiger partial charge in [-0.1, -0.05) is 30.7 Å². The van der Waals surface area contributed by atoms with E-state index in [2.05, 4.69) is 11.9 Å². The molecule has 1 rings (SSSR count). The number of para-hydroxylation sites is 1. The van der Waals surface area contributed by atoms with Crippen LogP contribution in [-0.4, -0.2) is 19.7 Å². The fourth-order valence-electron chi connectivity index (χ4n) is 1.74. The zero-order valence-corrected chi connectivity index (χ0v) is 11.2. The van der Waals surface area contributed by atoms with Gasteiger partial charge < -0.3 is 10.1 Å². The largest absolute Gasteiger partial charge is 0.494 e. The van der Waals surface area contributed by atoms with Crippen LogP contribution in [0.2, 0.25) is 0 Å². The number of allylic oxidation sites excluding steroid dienone is 1. The summed E-state index contributed by atoms with van der Waals surface area (Å²) in [4.78, 5) is 0. The molecule has 0 aliphatic rings. The van der Waals surface area contributed by atoms with Crippen molar-refractivity contribution in [2.24, 2.45) is 0 Å². The van der Waals surface area contributed by atoms with E-state index >= 15 is 0 Å². The molecule has 0 saturated heterocycles. The summed E-state index contributed by atoms with van der Waals surface area (Å²) >= 11 is 0. The first-order valence-corrected chi connectivity index (χ1v) is 6.93. The zero-order chi connectivity index (χ0) is 12.9. The molecule has 0 aliphatic carbocycles. The number of unbranched alkanes of at least 4 members (excludes halogenated alkanes) is 3. The lowest BCUT2D eigenvalue weighted by atomic mass is 10.2. The highest BCUT2D eigenvalue weighted by atomic mass is 16.5. The second kappa shape index (κ2) is 10.8. The summed E-state index contributed by atoms with van der Waals surface area (Å²) in [6.45, 7) is 6.66. The fraction of sp³-hybridized carbons (Fsp3) is 0.500. The van der Waals surface area contributed by atoms with Gasteiger partial charge in [0.2, 0.25) is 0 Å². The third-order valence-electron chi connectivity index (χ3n) is 2.77. The molecule has 0 aliphatic heterocycles. The second-order valence-electron chi connectivity index (χ2n) is 4.40. The molecule has 1 aromatic carbocycles. The molecule has 0 fully saturated rings. The van der Waals surface area contributed by atoms with Crippen LogP contribution in [-0.2, 0) is 0 Å². The van der Waals surface area contributed by atoms with Crippen molar-refractivity contribution in [1.29, 1.82) is 0 Å². The lowest BCUT2D eigenvalue weighted by Crippen LogP contribution is -2.18. The standard InChI is InChI=1S/C16H25NO/c1-2-3-4-5-9-13-17-14-10-15-18-16-11-7-6-8-12-16/h2,6-8,11-12,17H,1,3-5,9-10,13-15H2. The summed E-state index contributed by atoms with van der Waals surface area (Å²) in [7, 11) is 0.